The summed E-state index contributed by atoms with van der Waals surface area (Å²) in [6, 6.07) is 10.0. The first-order valence-corrected chi connectivity index (χ1v) is 6.53. The Morgan fingerprint density at radius 2 is 1.95 bits per heavy atom. The van der Waals surface area contributed by atoms with Crippen molar-refractivity contribution in [1.29, 1.82) is 0 Å². The Balaban J connectivity index is 2.16. The van der Waals surface area contributed by atoms with Gasteiger partial charge in [-0.15, -0.1) is 10.2 Å². The zero-order chi connectivity index (χ0) is 14.6. The third-order valence-corrected chi connectivity index (χ3v) is 3.69. The highest BCUT2D eigenvalue weighted by Gasteiger charge is 2.14. The first-order chi connectivity index (χ1) is 10.1. The molecule has 0 aliphatic carbocycles. The monoisotopic (exact) mass is 298 g/mol. The third-order valence-electron chi connectivity index (χ3n) is 3.45. The minimum atomic E-state index is -0.424. The van der Waals surface area contributed by atoms with Crippen molar-refractivity contribution in [3.8, 4) is 0 Å². The lowest BCUT2D eigenvalue weighted by Crippen LogP contribution is -1.87. The van der Waals surface area contributed by atoms with Gasteiger partial charge in [-0.3, -0.25) is 10.1 Å². The molecule has 0 aliphatic heterocycles. The van der Waals surface area contributed by atoms with Crippen molar-refractivity contribution in [3.63, 3.8) is 0 Å². The predicted molar refractivity (Wildman–Crippen MR) is 80.6 cm³/mol. The fraction of sp³-hybridized carbons (Fsp3) is 0. The van der Waals surface area contributed by atoms with E-state index in [9.17, 15) is 10.1 Å². The average Bonchev–Trinajstić information content (AvgIpc) is 2.84. The van der Waals surface area contributed by atoms with E-state index in [2.05, 4.69) is 15.2 Å². The van der Waals surface area contributed by atoms with Gasteiger partial charge in [0, 0.05) is 33.4 Å². The van der Waals surface area contributed by atoms with Gasteiger partial charge in [0.05, 0.1) is 16.0 Å². The van der Waals surface area contributed by atoms with Crippen LogP contribution in [0.4, 0.5) is 5.69 Å². The van der Waals surface area contributed by atoms with E-state index in [1.165, 1.54) is 12.1 Å². The van der Waals surface area contributed by atoms with Gasteiger partial charge in [0.15, 0.2) is 0 Å². The standard InChI is InChI=1S/C14H7ClN4O2/c15-7-1-3-9-12(5-7)17-18-14-10-6-8(19(20)21)2-4-11(10)16-13(9)14/h1-6,16H. The van der Waals surface area contributed by atoms with Crippen LogP contribution in [0.2, 0.25) is 5.02 Å². The maximum atomic E-state index is 10.9. The van der Waals surface area contributed by atoms with Crippen LogP contribution in [-0.2, 0) is 0 Å². The van der Waals surface area contributed by atoms with Crippen LogP contribution in [0, 0.1) is 10.1 Å². The summed E-state index contributed by atoms with van der Waals surface area (Å²) in [5.41, 5.74) is 2.90. The van der Waals surface area contributed by atoms with Crippen LogP contribution in [-0.4, -0.2) is 20.1 Å². The maximum absolute atomic E-state index is 10.9. The zero-order valence-electron chi connectivity index (χ0n) is 10.5. The Hall–Kier alpha value is -2.73. The number of hydrogen-bond donors (Lipinski definition) is 1. The minimum absolute atomic E-state index is 0.0291. The maximum Gasteiger partial charge on any atom is 0.270 e. The van der Waals surface area contributed by atoms with Gasteiger partial charge in [-0.25, -0.2) is 0 Å². The van der Waals surface area contributed by atoms with E-state index in [0.717, 1.165) is 16.4 Å². The second-order valence-corrected chi connectivity index (χ2v) is 5.13. The summed E-state index contributed by atoms with van der Waals surface area (Å²) in [6.07, 6.45) is 0. The molecule has 0 aliphatic rings. The van der Waals surface area contributed by atoms with Crippen LogP contribution in [0.5, 0.6) is 0 Å². The molecule has 7 heteroatoms. The number of halogens is 1. The number of benzene rings is 2. The molecule has 0 atom stereocenters. The van der Waals surface area contributed by atoms with Crippen LogP contribution in [0.25, 0.3) is 32.8 Å². The number of nitrogens with one attached hydrogen (secondary N) is 1. The molecule has 0 saturated heterocycles. The number of non-ortho nitro benzene ring substituents is 1. The zero-order valence-corrected chi connectivity index (χ0v) is 11.3. The number of aromatic nitrogens is 3. The van der Waals surface area contributed by atoms with Gasteiger partial charge in [-0.2, -0.15) is 0 Å². The fourth-order valence-corrected chi connectivity index (χ4v) is 2.65. The van der Waals surface area contributed by atoms with E-state index in [0.29, 0.717) is 21.4 Å². The highest BCUT2D eigenvalue weighted by molar-refractivity contribution is 6.31. The van der Waals surface area contributed by atoms with Crippen LogP contribution in [0.15, 0.2) is 36.4 Å². The molecule has 21 heavy (non-hydrogen) atoms. The molecule has 102 valence electrons. The third kappa shape index (κ3) is 1.73. The van der Waals surface area contributed by atoms with Gasteiger partial charge in [0.1, 0.15) is 5.52 Å². The summed E-state index contributed by atoms with van der Waals surface area (Å²) in [5, 5.41) is 21.4. The normalized spacial score (nSPS) is 11.5. The van der Waals surface area contributed by atoms with E-state index in [-0.39, 0.29) is 5.69 Å². The lowest BCUT2D eigenvalue weighted by Gasteiger charge is -1.98. The lowest BCUT2D eigenvalue weighted by molar-refractivity contribution is -0.384. The molecule has 0 fully saturated rings. The molecule has 0 saturated carbocycles. The second kappa shape index (κ2) is 4.13. The Morgan fingerprint density at radius 3 is 2.76 bits per heavy atom. The van der Waals surface area contributed by atoms with Gasteiger partial charge in [-0.05, 0) is 24.3 Å². The van der Waals surface area contributed by atoms with E-state index >= 15 is 0 Å². The SMILES string of the molecule is O=[N+]([O-])c1ccc2[nH]c3c4ccc(Cl)cc4nnc3c2c1. The van der Waals surface area contributed by atoms with Crippen molar-refractivity contribution < 1.29 is 4.92 Å². The highest BCUT2D eigenvalue weighted by Crippen LogP contribution is 2.31. The van der Waals surface area contributed by atoms with Gasteiger partial charge >= 0.3 is 0 Å². The minimum Gasteiger partial charge on any atom is -0.353 e. The van der Waals surface area contributed by atoms with Gasteiger partial charge in [-0.1, -0.05) is 11.6 Å². The van der Waals surface area contributed by atoms with E-state index in [1.807, 2.05) is 6.07 Å². The molecule has 2 heterocycles. The number of nitrogens with zero attached hydrogens (tertiary/aromatic N) is 3. The van der Waals surface area contributed by atoms with Gasteiger partial charge in [0.25, 0.3) is 5.69 Å². The number of hydrogen-bond acceptors (Lipinski definition) is 4. The summed E-state index contributed by atoms with van der Waals surface area (Å²) >= 11 is 5.95. The van der Waals surface area contributed by atoms with Gasteiger partial charge < -0.3 is 4.98 Å². The summed E-state index contributed by atoms with van der Waals surface area (Å²) in [6.45, 7) is 0. The smallest absolute Gasteiger partial charge is 0.270 e. The number of nitro groups is 1. The van der Waals surface area contributed by atoms with E-state index < -0.39 is 4.92 Å². The number of nitro benzene ring substituents is 1. The van der Waals surface area contributed by atoms with Crippen LogP contribution in [0.3, 0.4) is 0 Å². The van der Waals surface area contributed by atoms with Crippen LogP contribution < -0.4 is 0 Å². The molecule has 0 amide bonds. The molecule has 4 aromatic rings. The van der Waals surface area contributed by atoms with E-state index in [4.69, 9.17) is 11.6 Å². The molecule has 4 rings (SSSR count). The summed E-state index contributed by atoms with van der Waals surface area (Å²) in [7, 11) is 0. The first-order valence-electron chi connectivity index (χ1n) is 6.15. The largest absolute Gasteiger partial charge is 0.353 e. The fourth-order valence-electron chi connectivity index (χ4n) is 2.48. The Morgan fingerprint density at radius 1 is 1.10 bits per heavy atom. The van der Waals surface area contributed by atoms with Crippen LogP contribution >= 0.6 is 11.6 Å². The lowest BCUT2D eigenvalue weighted by atomic mass is 10.2. The molecule has 0 radical (unpaired) electrons. The molecule has 6 nitrogen and oxygen atoms in total. The molecule has 0 bridgehead atoms. The number of fused-ring (bicyclic) bond motifs is 5. The van der Waals surface area contributed by atoms with Crippen molar-refractivity contribution in [2.45, 2.75) is 0 Å². The van der Waals surface area contributed by atoms with E-state index in [1.54, 1.807) is 18.2 Å². The molecule has 1 N–H and O–H groups in total. The summed E-state index contributed by atoms with van der Waals surface area (Å²) in [5.74, 6) is 0. The summed E-state index contributed by atoms with van der Waals surface area (Å²) < 4.78 is 0. The molecular weight excluding hydrogens is 292 g/mol. The molecular formula is C14H7ClN4O2. The average molecular weight is 299 g/mol. The Kier molecular flexibility index (Phi) is 2.37. The van der Waals surface area contributed by atoms with Crippen LogP contribution in [0.1, 0.15) is 0 Å². The quantitative estimate of drug-likeness (QED) is 0.427. The molecule has 0 spiro atoms. The van der Waals surface area contributed by atoms with Crippen molar-refractivity contribution >= 4 is 50.1 Å². The second-order valence-electron chi connectivity index (χ2n) is 4.70. The number of H-pyrrole nitrogens is 1. The molecule has 2 aromatic heterocycles. The predicted octanol–water partition coefficient (Wildman–Crippen LogP) is 3.83. The number of rotatable bonds is 1. The summed E-state index contributed by atoms with van der Waals surface area (Å²) in [4.78, 5) is 13.7. The van der Waals surface area contributed by atoms with Crippen molar-refractivity contribution in [2.24, 2.45) is 0 Å². The van der Waals surface area contributed by atoms with Gasteiger partial charge in [0.2, 0.25) is 0 Å². The van der Waals surface area contributed by atoms with Crippen molar-refractivity contribution in [3.05, 3.63) is 51.5 Å². The molecule has 2 aromatic carbocycles. The number of aromatic amines is 1. The molecule has 0 unspecified atom stereocenters. The Labute approximate surface area is 122 Å². The van der Waals surface area contributed by atoms with Crippen molar-refractivity contribution in [1.82, 2.24) is 15.2 Å². The van der Waals surface area contributed by atoms with Crippen molar-refractivity contribution in [2.75, 3.05) is 0 Å². The highest BCUT2D eigenvalue weighted by atomic mass is 35.5. The topological polar surface area (TPSA) is 84.7 Å². The Bertz CT molecular complexity index is 1040. The first kappa shape index (κ1) is 12.0.